The van der Waals surface area contributed by atoms with Gasteiger partial charge in [0.05, 0.1) is 29.2 Å². The van der Waals surface area contributed by atoms with Crippen LogP contribution in [0.25, 0.3) is 12.2 Å². The molecule has 5 heteroatoms. The van der Waals surface area contributed by atoms with Gasteiger partial charge >= 0.3 is 5.97 Å². The molecular weight excluding hydrogens is 338 g/mol. The van der Waals surface area contributed by atoms with Gasteiger partial charge in [0, 0.05) is 31.1 Å². The average molecular weight is 359 g/mol. The molecular formula is C22H21N3O2. The highest BCUT2D eigenvalue weighted by Gasteiger charge is 2.27. The molecule has 1 aliphatic heterocycles. The van der Waals surface area contributed by atoms with Crippen molar-refractivity contribution in [3.05, 3.63) is 58.4 Å². The van der Waals surface area contributed by atoms with Gasteiger partial charge in [0.15, 0.2) is 6.10 Å². The van der Waals surface area contributed by atoms with E-state index in [0.717, 1.165) is 41.2 Å². The first-order chi connectivity index (χ1) is 13.2. The van der Waals surface area contributed by atoms with Crippen molar-refractivity contribution in [3.8, 4) is 6.07 Å². The summed E-state index contributed by atoms with van der Waals surface area (Å²) in [5.74, 6) is -0.357. The van der Waals surface area contributed by atoms with Crippen LogP contribution in [0, 0.1) is 11.3 Å². The lowest BCUT2D eigenvalue weighted by Gasteiger charge is -2.29. The van der Waals surface area contributed by atoms with Crippen molar-refractivity contribution >= 4 is 23.8 Å². The van der Waals surface area contributed by atoms with E-state index in [0.29, 0.717) is 5.56 Å². The van der Waals surface area contributed by atoms with Crippen LogP contribution in [0.5, 0.6) is 0 Å². The third kappa shape index (κ3) is 3.31. The Morgan fingerprint density at radius 2 is 2.04 bits per heavy atom. The second-order valence-corrected chi connectivity index (χ2v) is 6.96. The van der Waals surface area contributed by atoms with Crippen LogP contribution in [0.3, 0.4) is 0 Å². The molecule has 0 N–H and O–H groups in total. The number of carbonyl (C=O) groups excluding carboxylic acids is 1. The van der Waals surface area contributed by atoms with E-state index in [1.165, 1.54) is 26.2 Å². The number of aromatic nitrogens is 1. The van der Waals surface area contributed by atoms with E-state index in [9.17, 15) is 10.1 Å². The fraction of sp³-hybridized carbons (Fsp3) is 0.318. The van der Waals surface area contributed by atoms with Gasteiger partial charge in [-0.1, -0.05) is 18.2 Å². The number of benzene rings is 1. The first-order valence-corrected chi connectivity index (χ1v) is 9.30. The van der Waals surface area contributed by atoms with E-state index in [-0.39, 0.29) is 5.97 Å². The minimum absolute atomic E-state index is 0.357. The number of nitrogens with zero attached hydrogens (tertiary/aromatic N) is 3. The normalized spacial score (nSPS) is 18.1. The SMILES string of the molecule is CC(=O)OC1c2cc(N3CCCCC3)cnc2C=Cc2c(C#N)cccc21. The van der Waals surface area contributed by atoms with Crippen molar-refractivity contribution < 1.29 is 9.53 Å². The summed E-state index contributed by atoms with van der Waals surface area (Å²) in [6.45, 7) is 3.45. The molecule has 0 bridgehead atoms. The van der Waals surface area contributed by atoms with E-state index in [1.807, 2.05) is 30.5 Å². The van der Waals surface area contributed by atoms with Crippen LogP contribution >= 0.6 is 0 Å². The van der Waals surface area contributed by atoms with Gasteiger partial charge in [-0.05, 0) is 43.0 Å². The Morgan fingerprint density at radius 3 is 2.78 bits per heavy atom. The molecule has 0 amide bonds. The minimum Gasteiger partial charge on any atom is -0.453 e. The molecule has 2 aromatic rings. The number of pyridine rings is 1. The zero-order valence-electron chi connectivity index (χ0n) is 15.3. The number of esters is 1. The Hall–Kier alpha value is -3.13. The van der Waals surface area contributed by atoms with E-state index >= 15 is 0 Å². The lowest BCUT2D eigenvalue weighted by Crippen LogP contribution is -2.29. The van der Waals surface area contributed by atoms with Gasteiger partial charge < -0.3 is 9.64 Å². The third-order valence-corrected chi connectivity index (χ3v) is 5.17. The van der Waals surface area contributed by atoms with Crippen LogP contribution in [-0.2, 0) is 9.53 Å². The lowest BCUT2D eigenvalue weighted by atomic mass is 9.95. The number of hydrogen-bond acceptors (Lipinski definition) is 5. The van der Waals surface area contributed by atoms with Crippen LogP contribution in [0.4, 0.5) is 5.69 Å². The topological polar surface area (TPSA) is 66.2 Å². The number of rotatable bonds is 2. The van der Waals surface area contributed by atoms with Crippen molar-refractivity contribution in [1.82, 2.24) is 4.98 Å². The largest absolute Gasteiger partial charge is 0.453 e. The van der Waals surface area contributed by atoms with Gasteiger partial charge in [-0.2, -0.15) is 5.26 Å². The highest BCUT2D eigenvalue weighted by molar-refractivity contribution is 5.79. The number of nitriles is 1. The summed E-state index contributed by atoms with van der Waals surface area (Å²) in [7, 11) is 0. The van der Waals surface area contributed by atoms with Crippen molar-refractivity contribution in [2.24, 2.45) is 0 Å². The van der Waals surface area contributed by atoms with Crippen LogP contribution in [-0.4, -0.2) is 24.0 Å². The maximum Gasteiger partial charge on any atom is 0.303 e. The molecule has 2 heterocycles. The van der Waals surface area contributed by atoms with Crippen LogP contribution < -0.4 is 4.90 Å². The van der Waals surface area contributed by atoms with Gasteiger partial charge in [0.2, 0.25) is 0 Å². The van der Waals surface area contributed by atoms with Crippen LogP contribution in [0.2, 0.25) is 0 Å². The number of hydrogen-bond donors (Lipinski definition) is 0. The number of piperidine rings is 1. The van der Waals surface area contributed by atoms with E-state index in [2.05, 4.69) is 22.0 Å². The molecule has 1 fully saturated rings. The molecule has 0 spiro atoms. The number of carbonyl (C=O) groups is 1. The van der Waals surface area contributed by atoms with Crippen LogP contribution in [0.1, 0.15) is 60.2 Å². The predicted octanol–water partition coefficient (Wildman–Crippen LogP) is 4.08. The Morgan fingerprint density at radius 1 is 1.22 bits per heavy atom. The van der Waals surface area contributed by atoms with Gasteiger partial charge in [-0.15, -0.1) is 0 Å². The monoisotopic (exact) mass is 359 g/mol. The van der Waals surface area contributed by atoms with Gasteiger partial charge in [-0.3, -0.25) is 9.78 Å². The maximum absolute atomic E-state index is 11.8. The number of anilines is 1. The summed E-state index contributed by atoms with van der Waals surface area (Å²) in [4.78, 5) is 18.8. The van der Waals surface area contributed by atoms with Crippen molar-refractivity contribution in [3.63, 3.8) is 0 Å². The molecule has 1 aromatic carbocycles. The summed E-state index contributed by atoms with van der Waals surface area (Å²) < 4.78 is 5.72. The van der Waals surface area contributed by atoms with E-state index in [4.69, 9.17) is 4.74 Å². The van der Waals surface area contributed by atoms with Gasteiger partial charge in [-0.25, -0.2) is 0 Å². The zero-order chi connectivity index (χ0) is 18.8. The molecule has 27 heavy (non-hydrogen) atoms. The molecule has 5 nitrogen and oxygen atoms in total. The second-order valence-electron chi connectivity index (χ2n) is 6.96. The zero-order valence-corrected chi connectivity index (χ0v) is 15.3. The smallest absolute Gasteiger partial charge is 0.303 e. The summed E-state index contributed by atoms with van der Waals surface area (Å²) in [6.07, 6.45) is 8.73. The molecule has 1 saturated heterocycles. The summed E-state index contributed by atoms with van der Waals surface area (Å²) in [5, 5.41) is 9.47. The third-order valence-electron chi connectivity index (χ3n) is 5.17. The summed E-state index contributed by atoms with van der Waals surface area (Å²) in [5.41, 5.74) is 4.84. The first kappa shape index (κ1) is 17.3. The standard InChI is InChI=1S/C22H21N3O2/c1-15(26)27-22-19-7-5-6-16(13-23)18(19)8-9-21-20(22)12-17(14-24-21)25-10-3-2-4-11-25/h5-9,12,14,22H,2-4,10-11H2,1H3. The van der Waals surface area contributed by atoms with E-state index < -0.39 is 6.10 Å². The van der Waals surface area contributed by atoms with E-state index in [1.54, 1.807) is 6.07 Å². The minimum atomic E-state index is -0.576. The molecule has 1 atom stereocenters. The second kappa shape index (κ2) is 7.24. The molecule has 0 saturated carbocycles. The fourth-order valence-corrected chi connectivity index (χ4v) is 3.87. The van der Waals surface area contributed by atoms with Crippen LogP contribution in [0.15, 0.2) is 30.5 Å². The molecule has 1 aromatic heterocycles. The van der Waals surface area contributed by atoms with Crippen molar-refractivity contribution in [2.45, 2.75) is 32.3 Å². The molecule has 1 aliphatic carbocycles. The highest BCUT2D eigenvalue weighted by atomic mass is 16.5. The molecule has 4 rings (SSSR count). The maximum atomic E-state index is 11.8. The predicted molar refractivity (Wildman–Crippen MR) is 104 cm³/mol. The summed E-state index contributed by atoms with van der Waals surface area (Å²) >= 11 is 0. The summed E-state index contributed by atoms with van der Waals surface area (Å²) in [6, 6.07) is 9.83. The Labute approximate surface area is 158 Å². The average Bonchev–Trinajstić information content (AvgIpc) is 2.85. The van der Waals surface area contributed by atoms with Gasteiger partial charge in [0.1, 0.15) is 0 Å². The number of ether oxygens (including phenoxy) is 1. The highest BCUT2D eigenvalue weighted by Crippen LogP contribution is 2.37. The molecule has 2 aliphatic rings. The fourth-order valence-electron chi connectivity index (χ4n) is 3.87. The lowest BCUT2D eigenvalue weighted by molar-refractivity contribution is -0.144. The Balaban J connectivity index is 1.85. The molecule has 1 unspecified atom stereocenters. The van der Waals surface area contributed by atoms with Gasteiger partial charge in [0.25, 0.3) is 0 Å². The van der Waals surface area contributed by atoms with Crippen molar-refractivity contribution in [2.75, 3.05) is 18.0 Å². The quantitative estimate of drug-likeness (QED) is 0.756. The van der Waals surface area contributed by atoms with Crippen molar-refractivity contribution in [1.29, 1.82) is 5.26 Å². The number of fused-ring (bicyclic) bond motifs is 2. The Bertz CT molecular complexity index is 953. The molecule has 0 radical (unpaired) electrons. The first-order valence-electron chi connectivity index (χ1n) is 9.30. The molecule has 136 valence electrons. The Kier molecular flexibility index (Phi) is 4.64.